The van der Waals surface area contributed by atoms with E-state index >= 15 is 0 Å². The first-order valence-corrected chi connectivity index (χ1v) is 16.6. The van der Waals surface area contributed by atoms with E-state index in [2.05, 4.69) is 126 Å². The molecule has 0 atom stereocenters. The van der Waals surface area contributed by atoms with Gasteiger partial charge in [0.05, 0.1) is 11.0 Å². The second-order valence-electron chi connectivity index (χ2n) is 12.2. The molecule has 4 aromatic heterocycles. The second-order valence-corrected chi connectivity index (χ2v) is 13.2. The minimum absolute atomic E-state index is 0.810. The van der Waals surface area contributed by atoms with E-state index in [4.69, 9.17) is 14.4 Å². The fraction of sp³-hybridized carbons (Fsp3) is 0. The molecule has 4 heterocycles. The number of nitrogens with zero attached hydrogens (tertiary/aromatic N) is 3. The lowest BCUT2D eigenvalue weighted by atomic mass is 10.0. The van der Waals surface area contributed by atoms with Crippen LogP contribution >= 0.6 is 11.3 Å². The van der Waals surface area contributed by atoms with E-state index in [-0.39, 0.29) is 0 Å². The monoisotopic (exact) mass is 617 g/mol. The Balaban J connectivity index is 1.37. The van der Waals surface area contributed by atoms with Gasteiger partial charge in [0.25, 0.3) is 0 Å². The summed E-state index contributed by atoms with van der Waals surface area (Å²) >= 11 is 1.69. The molecule has 5 heteroatoms. The summed E-state index contributed by atoms with van der Waals surface area (Å²) in [5, 5.41) is 10.5. The van der Waals surface area contributed by atoms with Crippen LogP contribution in [0.4, 0.5) is 0 Å². The summed E-state index contributed by atoms with van der Waals surface area (Å²) in [5.41, 5.74) is 6.67. The average molecular weight is 618 g/mol. The van der Waals surface area contributed by atoms with Gasteiger partial charge in [0.15, 0.2) is 5.82 Å². The van der Waals surface area contributed by atoms with Gasteiger partial charge in [-0.2, -0.15) is 0 Å². The molecule has 7 aromatic carbocycles. The van der Waals surface area contributed by atoms with Gasteiger partial charge in [-0.05, 0) is 57.9 Å². The highest BCUT2D eigenvalue weighted by Crippen LogP contribution is 2.44. The van der Waals surface area contributed by atoms with Gasteiger partial charge in [-0.25, -0.2) is 9.97 Å². The molecule has 11 aromatic rings. The van der Waals surface area contributed by atoms with Crippen LogP contribution in [0.2, 0.25) is 0 Å². The predicted octanol–water partition coefficient (Wildman–Crippen LogP) is 11.8. The van der Waals surface area contributed by atoms with E-state index in [0.29, 0.717) is 0 Å². The highest BCUT2D eigenvalue weighted by molar-refractivity contribution is 7.25. The molecule has 218 valence electrons. The summed E-state index contributed by atoms with van der Waals surface area (Å²) in [6.07, 6.45) is 0. The molecule has 11 rings (SSSR count). The van der Waals surface area contributed by atoms with E-state index in [1.54, 1.807) is 11.3 Å². The van der Waals surface area contributed by atoms with Gasteiger partial charge in [0.2, 0.25) is 0 Å². The van der Waals surface area contributed by atoms with Gasteiger partial charge in [-0.15, -0.1) is 11.3 Å². The number of furan rings is 1. The lowest BCUT2D eigenvalue weighted by molar-refractivity contribution is 0.669. The SMILES string of the molecule is c1ccc2cc3c(cc2c1)c1c2ccccc2ccc1n3-c1nc2c(nc1-c1cccc3oc4ccccc4c13)sc1ccccc12. The summed E-state index contributed by atoms with van der Waals surface area (Å²) in [7, 11) is 0. The lowest BCUT2D eigenvalue weighted by Gasteiger charge is -2.14. The number of para-hydroxylation sites is 1. The lowest BCUT2D eigenvalue weighted by Crippen LogP contribution is -2.03. The van der Waals surface area contributed by atoms with Crippen molar-refractivity contribution in [2.75, 3.05) is 0 Å². The minimum atomic E-state index is 0.810. The van der Waals surface area contributed by atoms with E-state index in [9.17, 15) is 0 Å². The maximum absolute atomic E-state index is 6.37. The van der Waals surface area contributed by atoms with Crippen LogP contribution in [-0.4, -0.2) is 14.5 Å². The number of thiophene rings is 1. The van der Waals surface area contributed by atoms with Crippen LogP contribution in [-0.2, 0) is 0 Å². The zero-order valence-corrected chi connectivity index (χ0v) is 25.8. The number of fused-ring (bicyclic) bond motifs is 12. The largest absolute Gasteiger partial charge is 0.456 e. The number of hydrogen-bond acceptors (Lipinski definition) is 4. The molecule has 0 aliphatic rings. The van der Waals surface area contributed by atoms with Crippen molar-refractivity contribution in [1.29, 1.82) is 0 Å². The minimum Gasteiger partial charge on any atom is -0.456 e. The van der Waals surface area contributed by atoms with Crippen molar-refractivity contribution >= 4 is 97.1 Å². The molecule has 4 nitrogen and oxygen atoms in total. The Bertz CT molecular complexity index is 3090. The fourth-order valence-electron chi connectivity index (χ4n) is 7.52. The summed E-state index contributed by atoms with van der Waals surface area (Å²) in [6.45, 7) is 0. The average Bonchev–Trinajstić information content (AvgIpc) is 3.79. The number of hydrogen-bond donors (Lipinski definition) is 0. The van der Waals surface area contributed by atoms with Crippen LogP contribution in [0.1, 0.15) is 0 Å². The molecule has 0 fully saturated rings. The molecule has 0 aliphatic carbocycles. The molecule has 0 radical (unpaired) electrons. The standard InChI is InChI=1S/C42H23N3OS/c1-2-12-26-23-33-31(22-25(26)11-1)37-27-13-4-3-10-24(27)20-21-32(37)45(33)41-39(44-42-40(43-41)29-15-6-8-19-36(29)47-42)30-16-9-18-35-38(30)28-14-5-7-17-34(28)46-35/h1-23H. The quantitative estimate of drug-likeness (QED) is 0.194. The van der Waals surface area contributed by atoms with Crippen molar-refractivity contribution in [3.05, 3.63) is 140 Å². The molecule has 47 heavy (non-hydrogen) atoms. The first-order chi connectivity index (χ1) is 23.3. The molecule has 0 spiro atoms. The third kappa shape index (κ3) is 3.46. The normalized spacial score (nSPS) is 12.3. The molecule has 0 aliphatic heterocycles. The van der Waals surface area contributed by atoms with Crippen molar-refractivity contribution in [3.8, 4) is 17.1 Å². The van der Waals surface area contributed by atoms with Crippen LogP contribution in [0.15, 0.2) is 144 Å². The summed E-state index contributed by atoms with van der Waals surface area (Å²) in [4.78, 5) is 12.0. The molecule has 0 saturated carbocycles. The first kappa shape index (κ1) is 25.2. The molecule has 0 amide bonds. The van der Waals surface area contributed by atoms with E-state index in [1.807, 2.05) is 18.2 Å². The van der Waals surface area contributed by atoms with E-state index in [0.717, 1.165) is 65.8 Å². The Hall–Kier alpha value is -6.04. The van der Waals surface area contributed by atoms with Crippen LogP contribution in [0, 0.1) is 0 Å². The maximum atomic E-state index is 6.37. The van der Waals surface area contributed by atoms with Crippen molar-refractivity contribution in [1.82, 2.24) is 14.5 Å². The Morgan fingerprint density at radius 3 is 2.13 bits per heavy atom. The van der Waals surface area contributed by atoms with Gasteiger partial charge >= 0.3 is 0 Å². The Labute approximate surface area is 271 Å². The summed E-state index contributed by atoms with van der Waals surface area (Å²) < 4.78 is 9.89. The van der Waals surface area contributed by atoms with Gasteiger partial charge in [0, 0.05) is 37.2 Å². The first-order valence-electron chi connectivity index (χ1n) is 15.8. The van der Waals surface area contributed by atoms with Crippen LogP contribution in [0.5, 0.6) is 0 Å². The van der Waals surface area contributed by atoms with Gasteiger partial charge < -0.3 is 4.42 Å². The second kappa shape index (κ2) is 9.25. The van der Waals surface area contributed by atoms with Gasteiger partial charge in [0.1, 0.15) is 27.2 Å². The molecular formula is C42H23N3OS. The third-order valence-electron chi connectivity index (χ3n) is 9.59. The summed E-state index contributed by atoms with van der Waals surface area (Å²) in [6, 6.07) is 49.4. The number of rotatable bonds is 2. The zero-order chi connectivity index (χ0) is 30.6. The number of aromatic nitrogens is 3. The van der Waals surface area contributed by atoms with Crippen molar-refractivity contribution in [2.45, 2.75) is 0 Å². The van der Waals surface area contributed by atoms with E-state index in [1.165, 1.54) is 37.0 Å². The molecule has 0 N–H and O–H groups in total. The molecule has 0 unspecified atom stereocenters. The van der Waals surface area contributed by atoms with Crippen LogP contribution in [0.3, 0.4) is 0 Å². The van der Waals surface area contributed by atoms with Crippen molar-refractivity contribution in [2.24, 2.45) is 0 Å². The van der Waals surface area contributed by atoms with E-state index < -0.39 is 0 Å². The fourth-order valence-corrected chi connectivity index (χ4v) is 8.54. The van der Waals surface area contributed by atoms with Gasteiger partial charge in [-0.3, -0.25) is 4.57 Å². The summed E-state index contributed by atoms with van der Waals surface area (Å²) in [5.74, 6) is 0.810. The number of benzene rings is 7. The molecule has 0 saturated heterocycles. The maximum Gasteiger partial charge on any atom is 0.165 e. The van der Waals surface area contributed by atoms with Crippen molar-refractivity contribution < 1.29 is 4.42 Å². The Morgan fingerprint density at radius 2 is 1.23 bits per heavy atom. The molecular weight excluding hydrogens is 595 g/mol. The van der Waals surface area contributed by atoms with Crippen molar-refractivity contribution in [3.63, 3.8) is 0 Å². The zero-order valence-electron chi connectivity index (χ0n) is 24.9. The van der Waals surface area contributed by atoms with Gasteiger partial charge in [-0.1, -0.05) is 103 Å². The predicted molar refractivity (Wildman–Crippen MR) is 197 cm³/mol. The smallest absolute Gasteiger partial charge is 0.165 e. The Morgan fingerprint density at radius 1 is 0.511 bits per heavy atom. The topological polar surface area (TPSA) is 43.9 Å². The third-order valence-corrected chi connectivity index (χ3v) is 10.6. The highest BCUT2D eigenvalue weighted by atomic mass is 32.1. The molecule has 0 bridgehead atoms. The van der Waals surface area contributed by atoms with Crippen LogP contribution < -0.4 is 0 Å². The highest BCUT2D eigenvalue weighted by Gasteiger charge is 2.24. The van der Waals surface area contributed by atoms with Crippen LogP contribution in [0.25, 0.3) is 103 Å². The Kier molecular flexibility index (Phi) is 4.96.